The molecule has 13 heavy (non-hydrogen) atoms. The van der Waals surface area contributed by atoms with Crippen LogP contribution in [0.25, 0.3) is 0 Å². The first kappa shape index (κ1) is 10.6. The lowest BCUT2D eigenvalue weighted by Gasteiger charge is -2.14. The lowest BCUT2D eigenvalue weighted by Crippen LogP contribution is -2.31. The quantitative estimate of drug-likeness (QED) is 0.654. The number of terminal acetylenes is 1. The lowest BCUT2D eigenvalue weighted by molar-refractivity contribution is 0.449. The summed E-state index contributed by atoms with van der Waals surface area (Å²) in [5.74, 6) is 4.58. The van der Waals surface area contributed by atoms with E-state index in [2.05, 4.69) is 25.1 Å². The Kier molecular flexibility index (Phi) is 4.32. The Balaban J connectivity index is 2.16. The Labute approximate surface area is 82.3 Å². The van der Waals surface area contributed by atoms with Gasteiger partial charge in [-0.1, -0.05) is 26.2 Å². The fourth-order valence-corrected chi connectivity index (χ4v) is 2.14. The second kappa shape index (κ2) is 5.29. The standard InChI is InChI=1S/C12H21N/c1-4-12(5-2)13-9-11-7-6-10(3)8-11/h1,10-13H,5-9H2,2-3H3. The molecule has 1 N–H and O–H groups in total. The molecular weight excluding hydrogens is 158 g/mol. The van der Waals surface area contributed by atoms with Crippen molar-refractivity contribution in [3.8, 4) is 12.3 Å². The molecule has 0 aliphatic heterocycles. The van der Waals surface area contributed by atoms with Crippen molar-refractivity contribution >= 4 is 0 Å². The molecule has 3 unspecified atom stereocenters. The first-order chi connectivity index (χ1) is 6.26. The summed E-state index contributed by atoms with van der Waals surface area (Å²) in [4.78, 5) is 0. The Hall–Kier alpha value is -0.480. The van der Waals surface area contributed by atoms with Crippen LogP contribution < -0.4 is 5.32 Å². The molecule has 0 aromatic carbocycles. The monoisotopic (exact) mass is 179 g/mol. The summed E-state index contributed by atoms with van der Waals surface area (Å²) < 4.78 is 0. The molecule has 0 amide bonds. The van der Waals surface area contributed by atoms with E-state index in [1.54, 1.807) is 0 Å². The fraction of sp³-hybridized carbons (Fsp3) is 0.833. The summed E-state index contributed by atoms with van der Waals surface area (Å²) >= 11 is 0. The van der Waals surface area contributed by atoms with Crippen molar-refractivity contribution in [2.75, 3.05) is 6.54 Å². The van der Waals surface area contributed by atoms with Gasteiger partial charge in [-0.25, -0.2) is 0 Å². The molecule has 1 heteroatoms. The van der Waals surface area contributed by atoms with Gasteiger partial charge in [-0.3, -0.25) is 0 Å². The molecule has 0 spiro atoms. The van der Waals surface area contributed by atoms with Crippen LogP contribution in [0, 0.1) is 24.2 Å². The van der Waals surface area contributed by atoms with E-state index in [9.17, 15) is 0 Å². The van der Waals surface area contributed by atoms with E-state index >= 15 is 0 Å². The van der Waals surface area contributed by atoms with Gasteiger partial charge in [-0.05, 0) is 37.6 Å². The summed E-state index contributed by atoms with van der Waals surface area (Å²) in [6.45, 7) is 5.60. The zero-order chi connectivity index (χ0) is 9.68. The third kappa shape index (κ3) is 3.40. The summed E-state index contributed by atoms with van der Waals surface area (Å²) in [7, 11) is 0. The van der Waals surface area contributed by atoms with E-state index in [0.717, 1.165) is 24.8 Å². The summed E-state index contributed by atoms with van der Waals surface area (Å²) in [6.07, 6.45) is 10.6. The van der Waals surface area contributed by atoms with Crippen molar-refractivity contribution in [1.29, 1.82) is 0 Å². The molecule has 0 aromatic rings. The number of hydrogen-bond acceptors (Lipinski definition) is 1. The third-order valence-corrected chi connectivity index (χ3v) is 3.07. The Morgan fingerprint density at radius 2 is 2.31 bits per heavy atom. The van der Waals surface area contributed by atoms with Crippen LogP contribution in [-0.4, -0.2) is 12.6 Å². The molecule has 0 bridgehead atoms. The van der Waals surface area contributed by atoms with Crippen LogP contribution in [-0.2, 0) is 0 Å². The predicted octanol–water partition coefficient (Wildman–Crippen LogP) is 2.42. The van der Waals surface area contributed by atoms with Crippen LogP contribution in [0.1, 0.15) is 39.5 Å². The van der Waals surface area contributed by atoms with Gasteiger partial charge < -0.3 is 5.32 Å². The van der Waals surface area contributed by atoms with Crippen LogP contribution >= 0.6 is 0 Å². The summed E-state index contributed by atoms with van der Waals surface area (Å²) in [5.41, 5.74) is 0. The summed E-state index contributed by atoms with van der Waals surface area (Å²) in [5, 5.41) is 3.45. The van der Waals surface area contributed by atoms with Crippen molar-refractivity contribution < 1.29 is 0 Å². The van der Waals surface area contributed by atoms with Gasteiger partial charge in [0.2, 0.25) is 0 Å². The van der Waals surface area contributed by atoms with Gasteiger partial charge in [0.1, 0.15) is 0 Å². The first-order valence-electron chi connectivity index (χ1n) is 5.45. The van der Waals surface area contributed by atoms with Gasteiger partial charge in [-0.15, -0.1) is 6.42 Å². The first-order valence-corrected chi connectivity index (χ1v) is 5.45. The number of nitrogens with one attached hydrogen (secondary N) is 1. The highest BCUT2D eigenvalue weighted by molar-refractivity contribution is 4.98. The molecule has 1 aliphatic carbocycles. The topological polar surface area (TPSA) is 12.0 Å². The Morgan fingerprint density at radius 3 is 2.77 bits per heavy atom. The normalized spacial score (nSPS) is 29.9. The van der Waals surface area contributed by atoms with Crippen molar-refractivity contribution in [3.63, 3.8) is 0 Å². The minimum Gasteiger partial charge on any atom is -0.303 e. The highest BCUT2D eigenvalue weighted by Crippen LogP contribution is 2.29. The van der Waals surface area contributed by atoms with Crippen LogP contribution in [0.15, 0.2) is 0 Å². The van der Waals surface area contributed by atoms with Gasteiger partial charge in [0.15, 0.2) is 0 Å². The molecule has 1 fully saturated rings. The average Bonchev–Trinajstić information content (AvgIpc) is 2.53. The zero-order valence-electron chi connectivity index (χ0n) is 8.84. The maximum absolute atomic E-state index is 5.38. The Bertz CT molecular complexity index is 180. The number of hydrogen-bond donors (Lipinski definition) is 1. The minimum absolute atomic E-state index is 0.288. The van der Waals surface area contributed by atoms with E-state index in [0.29, 0.717) is 0 Å². The maximum atomic E-state index is 5.38. The highest BCUT2D eigenvalue weighted by Gasteiger charge is 2.21. The SMILES string of the molecule is C#CC(CC)NCC1CCC(C)C1. The van der Waals surface area contributed by atoms with Gasteiger partial charge in [0, 0.05) is 0 Å². The smallest absolute Gasteiger partial charge is 0.0684 e. The summed E-state index contributed by atoms with van der Waals surface area (Å²) in [6, 6.07) is 0.288. The maximum Gasteiger partial charge on any atom is 0.0684 e. The van der Waals surface area contributed by atoms with Crippen molar-refractivity contribution in [1.82, 2.24) is 5.32 Å². The van der Waals surface area contributed by atoms with Crippen LogP contribution in [0.5, 0.6) is 0 Å². The molecule has 1 aliphatic rings. The van der Waals surface area contributed by atoms with E-state index in [1.807, 2.05) is 0 Å². The van der Waals surface area contributed by atoms with Crippen molar-refractivity contribution in [3.05, 3.63) is 0 Å². The molecule has 1 rings (SSSR count). The molecule has 0 radical (unpaired) electrons. The molecule has 1 saturated carbocycles. The van der Waals surface area contributed by atoms with Crippen LogP contribution in [0.2, 0.25) is 0 Å². The average molecular weight is 179 g/mol. The molecule has 74 valence electrons. The highest BCUT2D eigenvalue weighted by atomic mass is 14.9. The third-order valence-electron chi connectivity index (χ3n) is 3.07. The van der Waals surface area contributed by atoms with Crippen molar-refractivity contribution in [2.45, 2.75) is 45.6 Å². The minimum atomic E-state index is 0.288. The second-order valence-corrected chi connectivity index (χ2v) is 4.32. The second-order valence-electron chi connectivity index (χ2n) is 4.32. The van der Waals surface area contributed by atoms with Crippen molar-refractivity contribution in [2.24, 2.45) is 11.8 Å². The van der Waals surface area contributed by atoms with E-state index in [1.165, 1.54) is 19.3 Å². The van der Waals surface area contributed by atoms with Gasteiger partial charge in [-0.2, -0.15) is 0 Å². The Morgan fingerprint density at radius 1 is 1.54 bits per heavy atom. The molecule has 3 atom stereocenters. The lowest BCUT2D eigenvalue weighted by atomic mass is 10.1. The van der Waals surface area contributed by atoms with Crippen LogP contribution in [0.3, 0.4) is 0 Å². The van der Waals surface area contributed by atoms with Gasteiger partial charge in [0.05, 0.1) is 6.04 Å². The van der Waals surface area contributed by atoms with Gasteiger partial charge >= 0.3 is 0 Å². The van der Waals surface area contributed by atoms with E-state index < -0.39 is 0 Å². The molecule has 1 nitrogen and oxygen atoms in total. The molecule has 0 heterocycles. The van der Waals surface area contributed by atoms with E-state index in [-0.39, 0.29) is 6.04 Å². The van der Waals surface area contributed by atoms with Gasteiger partial charge in [0.25, 0.3) is 0 Å². The largest absolute Gasteiger partial charge is 0.303 e. The predicted molar refractivity (Wildman–Crippen MR) is 57.4 cm³/mol. The molecule has 0 saturated heterocycles. The van der Waals surface area contributed by atoms with Crippen LogP contribution in [0.4, 0.5) is 0 Å². The number of rotatable bonds is 4. The molecular formula is C12H21N. The fourth-order valence-electron chi connectivity index (χ4n) is 2.14. The zero-order valence-corrected chi connectivity index (χ0v) is 8.84. The molecule has 0 aromatic heterocycles. The van der Waals surface area contributed by atoms with E-state index in [4.69, 9.17) is 6.42 Å².